The van der Waals surface area contributed by atoms with E-state index < -0.39 is 0 Å². The molecule has 4 heteroatoms. The molecule has 0 unspecified atom stereocenters. The van der Waals surface area contributed by atoms with Gasteiger partial charge in [0, 0.05) is 38.3 Å². The Kier molecular flexibility index (Phi) is 3.72. The normalized spacial score (nSPS) is 11.8. The molecule has 0 amide bonds. The Morgan fingerprint density at radius 2 is 1.38 bits per heavy atom. The van der Waals surface area contributed by atoms with Gasteiger partial charge in [-0.1, -0.05) is 54.6 Å². The molecule has 0 aliphatic heterocycles. The number of thiophene rings is 1. The van der Waals surface area contributed by atoms with Crippen LogP contribution in [0.2, 0.25) is 0 Å². The van der Waals surface area contributed by atoms with Crippen LogP contribution < -0.4 is 0 Å². The van der Waals surface area contributed by atoms with Gasteiger partial charge in [-0.05, 0) is 42.5 Å². The third kappa shape index (κ3) is 2.53. The average molecular weight is 428 g/mol. The maximum atomic E-state index is 4.98. The molecular weight excluding hydrogens is 410 g/mol. The quantitative estimate of drug-likeness (QED) is 0.284. The zero-order valence-corrected chi connectivity index (χ0v) is 17.9. The second-order valence-electron chi connectivity index (χ2n) is 7.92. The predicted molar refractivity (Wildman–Crippen MR) is 135 cm³/mol. The first-order valence-electron chi connectivity index (χ1n) is 10.6. The highest BCUT2D eigenvalue weighted by atomic mass is 32.1. The van der Waals surface area contributed by atoms with Gasteiger partial charge in [-0.25, -0.2) is 9.97 Å². The van der Waals surface area contributed by atoms with Crippen LogP contribution in [0.5, 0.6) is 0 Å². The molecule has 32 heavy (non-hydrogen) atoms. The summed E-state index contributed by atoms with van der Waals surface area (Å²) in [4.78, 5) is 9.69. The van der Waals surface area contributed by atoms with Crippen LogP contribution in [0.15, 0.2) is 103 Å². The van der Waals surface area contributed by atoms with Gasteiger partial charge in [0.05, 0.1) is 21.3 Å². The Labute approximate surface area is 188 Å². The fourth-order valence-corrected chi connectivity index (χ4v) is 5.63. The van der Waals surface area contributed by atoms with Crippen molar-refractivity contribution < 1.29 is 0 Å². The molecule has 0 saturated heterocycles. The van der Waals surface area contributed by atoms with E-state index in [-0.39, 0.29) is 0 Å². The van der Waals surface area contributed by atoms with Crippen molar-refractivity contribution in [3.8, 4) is 17.1 Å². The Hall–Kier alpha value is -4.02. The summed E-state index contributed by atoms with van der Waals surface area (Å²) in [6, 6.07) is 34.1. The molecule has 4 aromatic carbocycles. The van der Waals surface area contributed by atoms with Crippen molar-refractivity contribution in [1.82, 2.24) is 14.5 Å². The zero-order chi connectivity index (χ0) is 21.1. The Balaban J connectivity index is 1.49. The van der Waals surface area contributed by atoms with E-state index in [1.165, 1.54) is 31.9 Å². The van der Waals surface area contributed by atoms with Gasteiger partial charge in [-0.3, -0.25) is 0 Å². The van der Waals surface area contributed by atoms with Crippen LogP contribution in [0.4, 0.5) is 0 Å². The number of rotatable bonds is 2. The third-order valence-corrected chi connectivity index (χ3v) is 7.16. The topological polar surface area (TPSA) is 30.7 Å². The lowest BCUT2D eigenvalue weighted by Gasteiger charge is -2.07. The Morgan fingerprint density at radius 1 is 0.625 bits per heavy atom. The molecule has 7 rings (SSSR count). The van der Waals surface area contributed by atoms with Gasteiger partial charge in [-0.15, -0.1) is 11.3 Å². The van der Waals surface area contributed by atoms with Crippen molar-refractivity contribution >= 4 is 53.4 Å². The summed E-state index contributed by atoms with van der Waals surface area (Å²) in [6.07, 6.45) is 1.96. The van der Waals surface area contributed by atoms with Gasteiger partial charge in [0.25, 0.3) is 0 Å². The summed E-state index contributed by atoms with van der Waals surface area (Å²) in [5, 5.41) is 3.63. The van der Waals surface area contributed by atoms with E-state index in [4.69, 9.17) is 9.97 Å². The Bertz CT molecular complexity index is 1780. The maximum Gasteiger partial charge on any atom is 0.159 e. The molecule has 3 nitrogen and oxygen atoms in total. The second kappa shape index (κ2) is 6.74. The van der Waals surface area contributed by atoms with E-state index in [2.05, 4.69) is 102 Å². The fourth-order valence-electron chi connectivity index (χ4n) is 4.61. The predicted octanol–water partition coefficient (Wildman–Crippen LogP) is 7.61. The molecule has 0 aliphatic rings. The number of para-hydroxylation sites is 2. The molecule has 7 aromatic rings. The van der Waals surface area contributed by atoms with E-state index in [1.807, 2.05) is 6.20 Å². The van der Waals surface area contributed by atoms with Crippen LogP contribution >= 0.6 is 11.3 Å². The van der Waals surface area contributed by atoms with Crippen molar-refractivity contribution in [2.24, 2.45) is 0 Å². The minimum absolute atomic E-state index is 0.763. The molecule has 0 bridgehead atoms. The van der Waals surface area contributed by atoms with Gasteiger partial charge < -0.3 is 4.57 Å². The molecule has 3 heterocycles. The monoisotopic (exact) mass is 427 g/mol. The highest BCUT2D eigenvalue weighted by Crippen LogP contribution is 2.36. The molecule has 150 valence electrons. The fraction of sp³-hybridized carbons (Fsp3) is 0. The molecule has 0 spiro atoms. The van der Waals surface area contributed by atoms with Crippen molar-refractivity contribution in [3.63, 3.8) is 0 Å². The summed E-state index contributed by atoms with van der Waals surface area (Å²) in [7, 11) is 0. The van der Waals surface area contributed by atoms with Gasteiger partial charge >= 0.3 is 0 Å². The summed E-state index contributed by atoms with van der Waals surface area (Å²) >= 11 is 1.74. The molecule has 0 saturated carbocycles. The van der Waals surface area contributed by atoms with E-state index >= 15 is 0 Å². The lowest BCUT2D eigenvalue weighted by atomic mass is 10.1. The van der Waals surface area contributed by atoms with E-state index in [0.29, 0.717) is 0 Å². The van der Waals surface area contributed by atoms with Crippen LogP contribution in [0, 0.1) is 0 Å². The smallest absolute Gasteiger partial charge is 0.159 e. The van der Waals surface area contributed by atoms with Gasteiger partial charge in [0.2, 0.25) is 0 Å². The molecule has 0 atom stereocenters. The van der Waals surface area contributed by atoms with Gasteiger partial charge in [0.15, 0.2) is 5.82 Å². The average Bonchev–Trinajstić information content (AvgIpc) is 3.39. The zero-order valence-electron chi connectivity index (χ0n) is 17.1. The maximum absolute atomic E-state index is 4.98. The van der Waals surface area contributed by atoms with Crippen molar-refractivity contribution in [2.45, 2.75) is 0 Å². The van der Waals surface area contributed by atoms with Crippen LogP contribution in [0.1, 0.15) is 0 Å². The number of hydrogen-bond donors (Lipinski definition) is 0. The second-order valence-corrected chi connectivity index (χ2v) is 9.01. The van der Waals surface area contributed by atoms with Crippen LogP contribution in [0.25, 0.3) is 59.2 Å². The molecule has 0 radical (unpaired) electrons. The number of nitrogens with zero attached hydrogens (tertiary/aromatic N) is 3. The van der Waals surface area contributed by atoms with Crippen molar-refractivity contribution in [1.29, 1.82) is 0 Å². The summed E-state index contributed by atoms with van der Waals surface area (Å²) < 4.78 is 4.69. The molecular formula is C28H17N3S. The molecule has 0 aliphatic carbocycles. The number of fused-ring (bicyclic) bond motifs is 6. The van der Waals surface area contributed by atoms with E-state index in [9.17, 15) is 0 Å². The van der Waals surface area contributed by atoms with Crippen molar-refractivity contribution in [3.05, 3.63) is 103 Å². The first-order chi connectivity index (χ1) is 15.9. The standard InChI is InChI=1S/C28H17N3S/c1-2-8-19(9-3-1)31-23-12-6-4-10-20(23)22-16-18(14-15-24(22)31)28-29-17-26-27(30-28)21-11-5-7-13-25(21)32-26/h1-17H. The van der Waals surface area contributed by atoms with Crippen molar-refractivity contribution in [2.75, 3.05) is 0 Å². The lowest BCUT2D eigenvalue weighted by Crippen LogP contribution is -1.93. The summed E-state index contributed by atoms with van der Waals surface area (Å²) in [6.45, 7) is 0. The Morgan fingerprint density at radius 3 is 2.28 bits per heavy atom. The first kappa shape index (κ1) is 17.6. The lowest BCUT2D eigenvalue weighted by molar-refractivity contribution is 1.18. The summed E-state index contributed by atoms with van der Waals surface area (Å²) in [5.41, 5.74) is 5.61. The van der Waals surface area contributed by atoms with E-state index in [1.54, 1.807) is 11.3 Å². The summed E-state index contributed by atoms with van der Waals surface area (Å²) in [5.74, 6) is 0.763. The number of aromatic nitrogens is 3. The molecule has 3 aromatic heterocycles. The van der Waals surface area contributed by atoms with E-state index in [0.717, 1.165) is 27.3 Å². The highest BCUT2D eigenvalue weighted by molar-refractivity contribution is 7.25. The SMILES string of the molecule is c1ccc(-n2c3ccccc3c3cc(-c4ncc5sc6ccccc6c5n4)ccc32)cc1. The molecule has 0 N–H and O–H groups in total. The number of hydrogen-bond acceptors (Lipinski definition) is 3. The first-order valence-corrected chi connectivity index (χ1v) is 11.4. The minimum Gasteiger partial charge on any atom is -0.309 e. The highest BCUT2D eigenvalue weighted by Gasteiger charge is 2.14. The van der Waals surface area contributed by atoms with Crippen LogP contribution in [-0.2, 0) is 0 Å². The van der Waals surface area contributed by atoms with Gasteiger partial charge in [0.1, 0.15) is 0 Å². The van der Waals surface area contributed by atoms with Gasteiger partial charge in [-0.2, -0.15) is 0 Å². The largest absolute Gasteiger partial charge is 0.309 e. The third-order valence-electron chi connectivity index (χ3n) is 6.06. The van der Waals surface area contributed by atoms with Crippen LogP contribution in [-0.4, -0.2) is 14.5 Å². The molecule has 0 fully saturated rings. The van der Waals surface area contributed by atoms with Crippen LogP contribution in [0.3, 0.4) is 0 Å². The number of benzene rings is 4. The minimum atomic E-state index is 0.763.